The summed E-state index contributed by atoms with van der Waals surface area (Å²) in [7, 11) is 0. The molecule has 0 aliphatic heterocycles. The Labute approximate surface area is 188 Å². The Hall–Kier alpha value is -3.01. The Balaban J connectivity index is 1.93. The Morgan fingerprint density at radius 2 is 2.00 bits per heavy atom. The molecule has 0 radical (unpaired) electrons. The van der Waals surface area contributed by atoms with Gasteiger partial charge in [0.1, 0.15) is 29.6 Å². The van der Waals surface area contributed by atoms with E-state index in [0.29, 0.717) is 29.4 Å². The number of nitrogens with zero attached hydrogens (tertiary/aromatic N) is 2. The van der Waals surface area contributed by atoms with Gasteiger partial charge in [-0.1, -0.05) is 25.4 Å². The lowest BCUT2D eigenvalue weighted by molar-refractivity contribution is -0.274. The third-order valence-electron chi connectivity index (χ3n) is 3.89. The highest BCUT2D eigenvalue weighted by Crippen LogP contribution is 2.31. The monoisotopic (exact) mass is 472 g/mol. The summed E-state index contributed by atoms with van der Waals surface area (Å²) in [5.41, 5.74) is 7.37. The number of nitrogens with two attached hydrogens (primary N) is 1. The van der Waals surface area contributed by atoms with Gasteiger partial charge >= 0.3 is 6.36 Å². The SMILES string of the molecule is Cc1cc(C(=O)NCCOc2ccc(OC(F)(F)F)cc2Cl)cc(C(N)=NCC(C)C)n1. The highest BCUT2D eigenvalue weighted by Gasteiger charge is 2.31. The number of carbonyl (C=O) groups excluding carboxylic acids is 1. The third kappa shape index (κ3) is 8.26. The summed E-state index contributed by atoms with van der Waals surface area (Å²) < 4.78 is 45.9. The number of pyridine rings is 1. The second-order valence-electron chi connectivity index (χ2n) is 7.25. The lowest BCUT2D eigenvalue weighted by Crippen LogP contribution is -2.29. The first-order valence-corrected chi connectivity index (χ1v) is 10.1. The molecule has 0 bridgehead atoms. The van der Waals surface area contributed by atoms with Crippen LogP contribution >= 0.6 is 11.6 Å². The summed E-state index contributed by atoms with van der Waals surface area (Å²) in [5.74, 6) is -0.0674. The van der Waals surface area contributed by atoms with Crippen LogP contribution in [0.5, 0.6) is 11.5 Å². The summed E-state index contributed by atoms with van der Waals surface area (Å²) in [5, 5.41) is 2.63. The van der Waals surface area contributed by atoms with Gasteiger partial charge in [-0.3, -0.25) is 9.79 Å². The summed E-state index contributed by atoms with van der Waals surface area (Å²) in [6.45, 7) is 6.49. The molecule has 0 aliphatic rings. The van der Waals surface area contributed by atoms with Crippen LogP contribution in [0.2, 0.25) is 5.02 Å². The largest absolute Gasteiger partial charge is 0.573 e. The van der Waals surface area contributed by atoms with E-state index in [-0.39, 0.29) is 35.7 Å². The number of carbonyl (C=O) groups is 1. The summed E-state index contributed by atoms with van der Waals surface area (Å²) in [6, 6.07) is 6.50. The lowest BCUT2D eigenvalue weighted by atomic mass is 10.1. The summed E-state index contributed by atoms with van der Waals surface area (Å²) >= 11 is 5.92. The van der Waals surface area contributed by atoms with Crippen molar-refractivity contribution < 1.29 is 27.4 Å². The third-order valence-corrected chi connectivity index (χ3v) is 4.18. The minimum absolute atomic E-state index is 0.0415. The molecule has 1 aromatic carbocycles. The zero-order valence-corrected chi connectivity index (χ0v) is 18.5. The molecule has 2 aromatic rings. The fraction of sp³-hybridized carbons (Fsp3) is 0.381. The smallest absolute Gasteiger partial charge is 0.490 e. The molecular formula is C21H24ClF3N4O3. The van der Waals surface area contributed by atoms with Gasteiger partial charge < -0.3 is 20.5 Å². The van der Waals surface area contributed by atoms with Gasteiger partial charge in [0.25, 0.3) is 5.91 Å². The van der Waals surface area contributed by atoms with Crippen molar-refractivity contribution in [2.24, 2.45) is 16.6 Å². The van der Waals surface area contributed by atoms with Crippen LogP contribution in [-0.2, 0) is 0 Å². The first kappa shape index (κ1) is 25.3. The van der Waals surface area contributed by atoms with Gasteiger partial charge in [-0.15, -0.1) is 13.2 Å². The van der Waals surface area contributed by atoms with Crippen LogP contribution in [0.4, 0.5) is 13.2 Å². The van der Waals surface area contributed by atoms with Gasteiger partial charge in [-0.2, -0.15) is 0 Å². The van der Waals surface area contributed by atoms with Gasteiger partial charge in [0.2, 0.25) is 0 Å². The van der Waals surface area contributed by atoms with Crippen LogP contribution < -0.4 is 20.5 Å². The highest BCUT2D eigenvalue weighted by atomic mass is 35.5. The zero-order chi connectivity index (χ0) is 23.9. The van der Waals surface area contributed by atoms with Crippen molar-refractivity contribution in [2.75, 3.05) is 19.7 Å². The molecule has 1 heterocycles. The van der Waals surface area contributed by atoms with E-state index >= 15 is 0 Å². The molecule has 1 amide bonds. The maximum Gasteiger partial charge on any atom is 0.573 e. The number of aryl methyl sites for hydroxylation is 1. The van der Waals surface area contributed by atoms with E-state index in [1.807, 2.05) is 13.8 Å². The maximum atomic E-state index is 12.5. The topological polar surface area (TPSA) is 98.8 Å². The van der Waals surface area contributed by atoms with Gasteiger partial charge in [-0.05, 0) is 37.1 Å². The Bertz CT molecular complexity index is 981. The molecule has 2 rings (SSSR count). The number of amidine groups is 1. The van der Waals surface area contributed by atoms with Crippen molar-refractivity contribution in [2.45, 2.75) is 27.1 Å². The van der Waals surface area contributed by atoms with Crippen LogP contribution in [0.15, 0.2) is 35.3 Å². The quantitative estimate of drug-likeness (QED) is 0.325. The number of alkyl halides is 3. The van der Waals surface area contributed by atoms with Gasteiger partial charge in [-0.25, -0.2) is 4.98 Å². The molecular weight excluding hydrogens is 449 g/mol. The maximum absolute atomic E-state index is 12.5. The molecule has 1 aromatic heterocycles. The zero-order valence-electron chi connectivity index (χ0n) is 17.8. The van der Waals surface area contributed by atoms with Crippen molar-refractivity contribution in [3.8, 4) is 11.5 Å². The average Bonchev–Trinajstić information content (AvgIpc) is 2.68. The molecule has 0 saturated carbocycles. The number of aliphatic imine (C=N–C) groups is 1. The van der Waals surface area contributed by atoms with Crippen molar-refractivity contribution in [3.63, 3.8) is 0 Å². The van der Waals surface area contributed by atoms with E-state index in [1.54, 1.807) is 19.1 Å². The number of rotatable bonds is 9. The van der Waals surface area contributed by atoms with Crippen LogP contribution in [0.1, 0.15) is 35.6 Å². The molecule has 0 unspecified atom stereocenters. The molecule has 11 heteroatoms. The van der Waals surface area contributed by atoms with E-state index in [9.17, 15) is 18.0 Å². The Morgan fingerprint density at radius 3 is 2.62 bits per heavy atom. The molecule has 0 atom stereocenters. The minimum atomic E-state index is -4.81. The van der Waals surface area contributed by atoms with Crippen molar-refractivity contribution in [1.82, 2.24) is 10.3 Å². The normalized spacial score (nSPS) is 12.1. The van der Waals surface area contributed by atoms with E-state index in [2.05, 4.69) is 20.0 Å². The first-order valence-electron chi connectivity index (χ1n) is 9.70. The van der Waals surface area contributed by atoms with E-state index in [1.165, 1.54) is 6.07 Å². The molecule has 3 N–H and O–H groups in total. The second-order valence-corrected chi connectivity index (χ2v) is 7.65. The fourth-order valence-electron chi connectivity index (χ4n) is 2.52. The van der Waals surface area contributed by atoms with Crippen LogP contribution in [-0.4, -0.2) is 42.8 Å². The number of hydrogen-bond donors (Lipinski definition) is 2. The molecule has 7 nitrogen and oxygen atoms in total. The number of nitrogens with one attached hydrogen (secondary N) is 1. The lowest BCUT2D eigenvalue weighted by Gasteiger charge is -2.12. The van der Waals surface area contributed by atoms with E-state index < -0.39 is 12.1 Å². The first-order chi connectivity index (χ1) is 14.9. The van der Waals surface area contributed by atoms with Crippen molar-refractivity contribution in [3.05, 3.63) is 52.3 Å². The van der Waals surface area contributed by atoms with E-state index in [0.717, 1.165) is 12.1 Å². The molecule has 0 fully saturated rings. The number of amides is 1. The van der Waals surface area contributed by atoms with Gasteiger partial charge in [0.15, 0.2) is 0 Å². The van der Waals surface area contributed by atoms with Gasteiger partial charge in [0, 0.05) is 23.9 Å². The minimum Gasteiger partial charge on any atom is -0.490 e. The molecule has 0 spiro atoms. The Kier molecular flexibility index (Phi) is 8.71. The van der Waals surface area contributed by atoms with Crippen LogP contribution in [0.25, 0.3) is 0 Å². The van der Waals surface area contributed by atoms with Crippen LogP contribution in [0, 0.1) is 12.8 Å². The predicted octanol–water partition coefficient (Wildman–Crippen LogP) is 4.11. The van der Waals surface area contributed by atoms with Crippen molar-refractivity contribution >= 4 is 23.3 Å². The van der Waals surface area contributed by atoms with E-state index in [4.69, 9.17) is 22.1 Å². The molecule has 174 valence electrons. The summed E-state index contributed by atoms with van der Waals surface area (Å²) in [4.78, 5) is 21.1. The van der Waals surface area contributed by atoms with Gasteiger partial charge in [0.05, 0.1) is 11.6 Å². The predicted molar refractivity (Wildman–Crippen MR) is 115 cm³/mol. The summed E-state index contributed by atoms with van der Waals surface area (Å²) in [6.07, 6.45) is -4.81. The van der Waals surface area contributed by atoms with Crippen molar-refractivity contribution in [1.29, 1.82) is 0 Å². The number of halogens is 4. The standard InChI is InChI=1S/C21H24ClF3N4O3/c1-12(2)11-28-19(26)17-9-14(8-13(3)29-17)20(30)27-6-7-31-18-5-4-15(10-16(18)22)32-21(23,24)25/h4-5,8-10,12H,6-7,11H2,1-3H3,(H2,26,28)(H,27,30). The fourth-order valence-corrected chi connectivity index (χ4v) is 2.74. The molecule has 0 saturated heterocycles. The second kappa shape index (κ2) is 11.0. The number of benzene rings is 1. The van der Waals surface area contributed by atoms with Crippen LogP contribution in [0.3, 0.4) is 0 Å². The molecule has 32 heavy (non-hydrogen) atoms. The number of aromatic nitrogens is 1. The number of ether oxygens (including phenoxy) is 2. The number of hydrogen-bond acceptors (Lipinski definition) is 5. The average molecular weight is 473 g/mol. The Morgan fingerprint density at radius 1 is 1.28 bits per heavy atom. The molecule has 0 aliphatic carbocycles. The highest BCUT2D eigenvalue weighted by molar-refractivity contribution is 6.32.